The molecule has 0 heterocycles. The van der Waals surface area contributed by atoms with Crippen LogP contribution >= 0.6 is 11.6 Å². The number of benzene rings is 1. The molecule has 16 heavy (non-hydrogen) atoms. The second-order valence-electron chi connectivity index (χ2n) is 4.55. The minimum atomic E-state index is -0.420. The molecule has 4 heteroatoms. The van der Waals surface area contributed by atoms with E-state index in [0.717, 1.165) is 31.2 Å². The Morgan fingerprint density at radius 1 is 1.31 bits per heavy atom. The van der Waals surface area contributed by atoms with Crippen molar-refractivity contribution in [1.82, 2.24) is 0 Å². The topological polar surface area (TPSA) is 66.5 Å². The van der Waals surface area contributed by atoms with E-state index in [1.165, 1.54) is 0 Å². The molecule has 1 fully saturated rings. The number of hydrogen-bond donors (Lipinski definition) is 3. The summed E-state index contributed by atoms with van der Waals surface area (Å²) in [5.41, 5.74) is 6.82. The second kappa shape index (κ2) is 4.24. The Morgan fingerprint density at radius 3 is 2.50 bits per heavy atom. The maximum atomic E-state index is 9.47. The zero-order chi connectivity index (χ0) is 11.8. The predicted octanol–water partition coefficient (Wildman–Crippen LogP) is 2.13. The summed E-state index contributed by atoms with van der Waals surface area (Å²) in [6.45, 7) is 0. The van der Waals surface area contributed by atoms with Crippen LogP contribution in [0.1, 0.15) is 31.2 Å². The first-order valence-electron chi connectivity index (χ1n) is 5.47. The van der Waals surface area contributed by atoms with Gasteiger partial charge < -0.3 is 15.9 Å². The molecule has 1 aliphatic rings. The predicted molar refractivity (Wildman–Crippen MR) is 63.5 cm³/mol. The smallest absolute Gasteiger partial charge is 0.134 e. The van der Waals surface area contributed by atoms with Crippen molar-refractivity contribution < 1.29 is 10.2 Å². The van der Waals surface area contributed by atoms with Gasteiger partial charge in [0, 0.05) is 5.54 Å². The van der Waals surface area contributed by atoms with Gasteiger partial charge in [0.25, 0.3) is 0 Å². The van der Waals surface area contributed by atoms with Crippen molar-refractivity contribution in [3.8, 4) is 5.75 Å². The van der Waals surface area contributed by atoms with Crippen molar-refractivity contribution in [3.05, 3.63) is 28.8 Å². The zero-order valence-electron chi connectivity index (χ0n) is 8.99. The summed E-state index contributed by atoms with van der Waals surface area (Å²) in [4.78, 5) is 0. The highest BCUT2D eigenvalue weighted by Gasteiger charge is 2.32. The van der Waals surface area contributed by atoms with Crippen LogP contribution in [-0.2, 0) is 5.54 Å². The Labute approximate surface area is 99.8 Å². The molecule has 0 atom stereocenters. The molecule has 0 unspecified atom stereocenters. The number of hydrogen-bond acceptors (Lipinski definition) is 3. The van der Waals surface area contributed by atoms with Gasteiger partial charge in [0.1, 0.15) is 5.75 Å². The Bertz CT molecular complexity index is 387. The molecule has 88 valence electrons. The minimum absolute atomic E-state index is 0.0739. The van der Waals surface area contributed by atoms with Crippen molar-refractivity contribution in [2.75, 3.05) is 0 Å². The van der Waals surface area contributed by atoms with Crippen LogP contribution in [0.15, 0.2) is 18.2 Å². The lowest BCUT2D eigenvalue weighted by Gasteiger charge is -2.36. The molecular weight excluding hydrogens is 226 g/mol. The van der Waals surface area contributed by atoms with Gasteiger partial charge in [-0.2, -0.15) is 0 Å². The SMILES string of the molecule is NC1(c2ccc(O)c(Cl)c2)CCC(O)CC1. The van der Waals surface area contributed by atoms with Crippen LogP contribution in [0.3, 0.4) is 0 Å². The fraction of sp³-hybridized carbons (Fsp3) is 0.500. The third-order valence-corrected chi connectivity index (χ3v) is 3.67. The third kappa shape index (κ3) is 2.17. The van der Waals surface area contributed by atoms with Crippen molar-refractivity contribution in [3.63, 3.8) is 0 Å². The van der Waals surface area contributed by atoms with Crippen LogP contribution in [0.5, 0.6) is 5.75 Å². The molecule has 0 bridgehead atoms. The van der Waals surface area contributed by atoms with Gasteiger partial charge in [-0.05, 0) is 43.4 Å². The lowest BCUT2D eigenvalue weighted by atomic mass is 9.76. The maximum absolute atomic E-state index is 9.47. The van der Waals surface area contributed by atoms with E-state index < -0.39 is 5.54 Å². The molecule has 0 radical (unpaired) electrons. The summed E-state index contributed by atoms with van der Waals surface area (Å²) in [5.74, 6) is 0.0739. The first kappa shape index (κ1) is 11.7. The van der Waals surface area contributed by atoms with Gasteiger partial charge in [-0.3, -0.25) is 0 Å². The molecule has 1 aromatic rings. The van der Waals surface area contributed by atoms with E-state index in [1.54, 1.807) is 18.2 Å². The quantitative estimate of drug-likeness (QED) is 0.706. The lowest BCUT2D eigenvalue weighted by molar-refractivity contribution is 0.0969. The average molecular weight is 242 g/mol. The van der Waals surface area contributed by atoms with Crippen LogP contribution in [-0.4, -0.2) is 16.3 Å². The van der Waals surface area contributed by atoms with E-state index in [0.29, 0.717) is 5.02 Å². The van der Waals surface area contributed by atoms with Gasteiger partial charge in [-0.25, -0.2) is 0 Å². The molecule has 4 N–H and O–H groups in total. The third-order valence-electron chi connectivity index (χ3n) is 3.37. The number of aliphatic hydroxyl groups excluding tert-OH is 1. The highest BCUT2D eigenvalue weighted by atomic mass is 35.5. The van der Waals surface area contributed by atoms with Gasteiger partial charge in [-0.15, -0.1) is 0 Å². The lowest BCUT2D eigenvalue weighted by Crippen LogP contribution is -2.41. The number of nitrogens with two attached hydrogens (primary N) is 1. The van der Waals surface area contributed by atoms with Crippen LogP contribution in [0, 0.1) is 0 Å². The van der Waals surface area contributed by atoms with E-state index >= 15 is 0 Å². The summed E-state index contributed by atoms with van der Waals surface area (Å²) < 4.78 is 0. The van der Waals surface area contributed by atoms with E-state index in [-0.39, 0.29) is 11.9 Å². The van der Waals surface area contributed by atoms with Gasteiger partial charge in [0.15, 0.2) is 0 Å². The van der Waals surface area contributed by atoms with Gasteiger partial charge in [0.2, 0.25) is 0 Å². The standard InChI is InChI=1S/C12H16ClNO2/c13-10-7-8(1-2-11(10)16)12(14)5-3-9(15)4-6-12/h1-2,7,9,15-16H,3-6,14H2. The molecular formula is C12H16ClNO2. The molecule has 0 aromatic heterocycles. The molecule has 2 rings (SSSR count). The molecule has 0 amide bonds. The highest BCUT2D eigenvalue weighted by molar-refractivity contribution is 6.32. The monoisotopic (exact) mass is 241 g/mol. The molecule has 0 aliphatic heterocycles. The minimum Gasteiger partial charge on any atom is -0.506 e. The normalized spacial score (nSPS) is 30.3. The van der Waals surface area contributed by atoms with Gasteiger partial charge >= 0.3 is 0 Å². The Kier molecular flexibility index (Phi) is 3.10. The van der Waals surface area contributed by atoms with Crippen molar-refractivity contribution in [2.24, 2.45) is 5.73 Å². The van der Waals surface area contributed by atoms with Crippen LogP contribution in [0.25, 0.3) is 0 Å². The summed E-state index contributed by atoms with van der Waals surface area (Å²) in [7, 11) is 0. The van der Waals surface area contributed by atoms with Gasteiger partial charge in [-0.1, -0.05) is 17.7 Å². The van der Waals surface area contributed by atoms with E-state index in [2.05, 4.69) is 0 Å². The number of phenolic OH excluding ortho intramolecular Hbond substituents is 1. The summed E-state index contributed by atoms with van der Waals surface area (Å²) in [6.07, 6.45) is 2.69. The molecule has 1 saturated carbocycles. The second-order valence-corrected chi connectivity index (χ2v) is 4.96. The largest absolute Gasteiger partial charge is 0.506 e. The number of phenols is 1. The average Bonchev–Trinajstić information content (AvgIpc) is 2.26. The van der Waals surface area contributed by atoms with Crippen LogP contribution < -0.4 is 5.73 Å². The number of aromatic hydroxyl groups is 1. The molecule has 1 aromatic carbocycles. The fourth-order valence-corrected chi connectivity index (χ4v) is 2.40. The van der Waals surface area contributed by atoms with E-state index in [1.807, 2.05) is 0 Å². The van der Waals surface area contributed by atoms with E-state index in [9.17, 15) is 10.2 Å². The number of rotatable bonds is 1. The Morgan fingerprint density at radius 2 is 1.94 bits per heavy atom. The van der Waals surface area contributed by atoms with Crippen LogP contribution in [0.2, 0.25) is 5.02 Å². The first-order chi connectivity index (χ1) is 7.51. The Balaban J connectivity index is 2.25. The molecule has 3 nitrogen and oxygen atoms in total. The molecule has 1 aliphatic carbocycles. The fourth-order valence-electron chi connectivity index (χ4n) is 2.22. The van der Waals surface area contributed by atoms with Gasteiger partial charge in [0.05, 0.1) is 11.1 Å². The van der Waals surface area contributed by atoms with Crippen molar-refractivity contribution in [2.45, 2.75) is 37.3 Å². The van der Waals surface area contributed by atoms with E-state index in [4.69, 9.17) is 17.3 Å². The highest BCUT2D eigenvalue weighted by Crippen LogP contribution is 2.37. The molecule has 0 spiro atoms. The Hall–Kier alpha value is -0.770. The van der Waals surface area contributed by atoms with Crippen LogP contribution in [0.4, 0.5) is 0 Å². The zero-order valence-corrected chi connectivity index (χ0v) is 9.74. The summed E-state index contributed by atoms with van der Waals surface area (Å²) in [5, 5.41) is 19.1. The summed E-state index contributed by atoms with van der Waals surface area (Å²) in [6, 6.07) is 5.09. The number of halogens is 1. The maximum Gasteiger partial charge on any atom is 0.134 e. The van der Waals surface area contributed by atoms with Crippen molar-refractivity contribution in [1.29, 1.82) is 0 Å². The van der Waals surface area contributed by atoms with Crippen molar-refractivity contribution >= 4 is 11.6 Å². The molecule has 0 saturated heterocycles. The first-order valence-corrected chi connectivity index (χ1v) is 5.85. The summed E-state index contributed by atoms with van der Waals surface area (Å²) >= 11 is 5.87. The number of aliphatic hydroxyl groups is 1.